The van der Waals surface area contributed by atoms with E-state index in [1.165, 1.54) is 4.90 Å². The molecule has 3 aromatic rings. The van der Waals surface area contributed by atoms with Crippen LogP contribution in [0.1, 0.15) is 30.4 Å². The van der Waals surface area contributed by atoms with E-state index < -0.39 is 60.2 Å². The van der Waals surface area contributed by atoms with Gasteiger partial charge in [-0.15, -0.1) is 0 Å². The maximum atomic E-state index is 13.5. The molecule has 2 aromatic carbocycles. The maximum absolute atomic E-state index is 13.5. The van der Waals surface area contributed by atoms with E-state index in [9.17, 15) is 29.1 Å². The predicted octanol–water partition coefficient (Wildman–Crippen LogP) is 0.201. The first-order valence-electron chi connectivity index (χ1n) is 13.4. The summed E-state index contributed by atoms with van der Waals surface area (Å²) in [6, 6.07) is 12.0. The van der Waals surface area contributed by atoms with Crippen LogP contribution < -0.4 is 22.1 Å². The van der Waals surface area contributed by atoms with Gasteiger partial charge in [0.05, 0.1) is 12.5 Å². The van der Waals surface area contributed by atoms with Crippen LogP contribution in [0.25, 0.3) is 10.9 Å². The average molecular weight is 563 g/mol. The van der Waals surface area contributed by atoms with E-state index in [0.717, 1.165) is 22.0 Å². The topological polar surface area (TPSA) is 201 Å². The molecule has 1 aliphatic heterocycles. The number of primary amides is 1. The summed E-state index contributed by atoms with van der Waals surface area (Å²) in [6.07, 6.45) is 2.25. The van der Waals surface area contributed by atoms with Crippen LogP contribution in [0.4, 0.5) is 0 Å². The summed E-state index contributed by atoms with van der Waals surface area (Å²) in [5.74, 6) is -3.97. The Morgan fingerprint density at radius 3 is 2.39 bits per heavy atom. The van der Waals surface area contributed by atoms with E-state index in [2.05, 4.69) is 15.6 Å². The van der Waals surface area contributed by atoms with Gasteiger partial charge in [-0.05, 0) is 36.5 Å². The number of aromatic amines is 1. The van der Waals surface area contributed by atoms with E-state index in [4.69, 9.17) is 11.5 Å². The smallest absolute Gasteiger partial charge is 0.326 e. The fourth-order valence-corrected chi connectivity index (χ4v) is 5.13. The standard InChI is InChI=1S/C29H34N6O6/c30-20(13-17-7-2-1-3-8-17)26(37)33-22(15-25(31)36)28(39)35-12-6-11-24(35)27(38)34-23(29(40)41)14-18-16-32-21-10-5-4-9-19(18)21/h1-5,7-10,16,20,22-24,32H,6,11-15,30H2,(H2,31,36)(H,33,37)(H,34,38)(H,40,41). The van der Waals surface area contributed by atoms with Gasteiger partial charge in [-0.2, -0.15) is 0 Å². The second-order valence-electron chi connectivity index (χ2n) is 10.2. The Balaban J connectivity index is 1.43. The number of carboxylic acid groups (broad SMARTS) is 1. The first kappa shape index (κ1) is 29.3. The van der Waals surface area contributed by atoms with Gasteiger partial charge in [0.2, 0.25) is 23.6 Å². The first-order valence-corrected chi connectivity index (χ1v) is 13.4. The van der Waals surface area contributed by atoms with E-state index in [1.54, 1.807) is 6.20 Å². The van der Waals surface area contributed by atoms with E-state index in [-0.39, 0.29) is 19.4 Å². The lowest BCUT2D eigenvalue weighted by atomic mass is 10.0. The molecule has 0 aliphatic carbocycles. The largest absolute Gasteiger partial charge is 0.480 e. The van der Waals surface area contributed by atoms with E-state index >= 15 is 0 Å². The molecule has 4 rings (SSSR count). The Hall–Kier alpha value is -4.71. The number of rotatable bonds is 12. The van der Waals surface area contributed by atoms with Crippen LogP contribution in [0.2, 0.25) is 0 Å². The zero-order chi connectivity index (χ0) is 29.5. The number of hydrogen-bond acceptors (Lipinski definition) is 6. The molecule has 4 atom stereocenters. The molecule has 0 bridgehead atoms. The van der Waals surface area contributed by atoms with Gasteiger partial charge in [0.25, 0.3) is 0 Å². The number of carbonyl (C=O) groups is 5. The monoisotopic (exact) mass is 562 g/mol. The fourth-order valence-electron chi connectivity index (χ4n) is 5.13. The molecule has 1 saturated heterocycles. The highest BCUT2D eigenvalue weighted by atomic mass is 16.4. The highest BCUT2D eigenvalue weighted by Gasteiger charge is 2.39. The van der Waals surface area contributed by atoms with E-state index in [0.29, 0.717) is 12.8 Å². The van der Waals surface area contributed by atoms with E-state index in [1.807, 2.05) is 54.6 Å². The zero-order valence-corrected chi connectivity index (χ0v) is 22.4. The Morgan fingerprint density at radius 2 is 1.68 bits per heavy atom. The van der Waals surface area contributed by atoms with Crippen LogP contribution in [0.3, 0.4) is 0 Å². The zero-order valence-electron chi connectivity index (χ0n) is 22.4. The van der Waals surface area contributed by atoms with Crippen molar-refractivity contribution in [2.24, 2.45) is 11.5 Å². The molecule has 4 amide bonds. The van der Waals surface area contributed by atoms with Gasteiger partial charge in [-0.1, -0.05) is 48.5 Å². The molecule has 12 nitrogen and oxygen atoms in total. The van der Waals surface area contributed by atoms with Crippen LogP contribution in [-0.2, 0) is 36.8 Å². The lowest BCUT2D eigenvalue weighted by Crippen LogP contribution is -2.57. The van der Waals surface area contributed by atoms with Crippen molar-refractivity contribution < 1.29 is 29.1 Å². The molecular formula is C29H34N6O6. The fraction of sp³-hybridized carbons (Fsp3) is 0.345. The summed E-state index contributed by atoms with van der Waals surface area (Å²) in [5.41, 5.74) is 13.8. The minimum absolute atomic E-state index is 0.0331. The predicted molar refractivity (Wildman–Crippen MR) is 150 cm³/mol. The van der Waals surface area contributed by atoms with Crippen LogP contribution in [-0.4, -0.2) is 75.3 Å². The number of benzene rings is 2. The summed E-state index contributed by atoms with van der Waals surface area (Å²) in [4.78, 5) is 67.8. The van der Waals surface area contributed by atoms with Gasteiger partial charge >= 0.3 is 5.97 Å². The van der Waals surface area contributed by atoms with Gasteiger partial charge in [0.1, 0.15) is 18.1 Å². The van der Waals surface area contributed by atoms with Crippen molar-refractivity contribution in [3.8, 4) is 0 Å². The number of aromatic nitrogens is 1. The summed E-state index contributed by atoms with van der Waals surface area (Å²) >= 11 is 0. The van der Waals surface area contributed by atoms with Crippen molar-refractivity contribution in [2.75, 3.05) is 6.54 Å². The number of nitrogens with one attached hydrogen (secondary N) is 3. The minimum atomic E-state index is -1.32. The van der Waals surface area contributed by atoms with Crippen molar-refractivity contribution in [1.29, 1.82) is 0 Å². The van der Waals surface area contributed by atoms with Crippen molar-refractivity contribution in [3.05, 3.63) is 71.9 Å². The number of nitrogens with zero attached hydrogens (tertiary/aromatic N) is 1. The number of amides is 4. The van der Waals surface area contributed by atoms with Crippen LogP contribution in [0, 0.1) is 0 Å². The number of nitrogens with two attached hydrogens (primary N) is 2. The highest BCUT2D eigenvalue weighted by molar-refractivity contribution is 5.96. The maximum Gasteiger partial charge on any atom is 0.326 e. The molecule has 1 aromatic heterocycles. The van der Waals surface area contributed by atoms with Crippen LogP contribution >= 0.6 is 0 Å². The number of para-hydroxylation sites is 1. The number of fused-ring (bicyclic) bond motifs is 1. The molecule has 41 heavy (non-hydrogen) atoms. The Labute approximate surface area is 236 Å². The quantitative estimate of drug-likeness (QED) is 0.181. The molecule has 0 spiro atoms. The Bertz CT molecular complexity index is 1420. The van der Waals surface area contributed by atoms with Gasteiger partial charge < -0.3 is 37.1 Å². The molecule has 4 unspecified atom stereocenters. The molecule has 216 valence electrons. The van der Waals surface area contributed by atoms with Crippen molar-refractivity contribution in [2.45, 2.75) is 56.3 Å². The molecule has 8 N–H and O–H groups in total. The lowest BCUT2D eigenvalue weighted by Gasteiger charge is -2.29. The second-order valence-corrected chi connectivity index (χ2v) is 10.2. The van der Waals surface area contributed by atoms with Crippen molar-refractivity contribution in [3.63, 3.8) is 0 Å². The molecule has 12 heteroatoms. The SMILES string of the molecule is NC(=O)CC(NC(=O)C(N)Cc1ccccc1)C(=O)N1CCCC1C(=O)NC(Cc1c[nH]c2ccccc12)C(=O)O. The van der Waals surface area contributed by atoms with Crippen molar-refractivity contribution in [1.82, 2.24) is 20.5 Å². The average Bonchev–Trinajstić information content (AvgIpc) is 3.60. The summed E-state index contributed by atoms with van der Waals surface area (Å²) in [7, 11) is 0. The number of aliphatic carboxylic acids is 1. The van der Waals surface area contributed by atoms with Gasteiger partial charge in [0, 0.05) is 30.1 Å². The number of likely N-dealkylation sites (tertiary alicyclic amines) is 1. The number of hydrogen-bond donors (Lipinski definition) is 6. The lowest BCUT2D eigenvalue weighted by molar-refractivity contribution is -0.145. The van der Waals surface area contributed by atoms with Gasteiger partial charge in [-0.3, -0.25) is 19.2 Å². The number of H-pyrrole nitrogens is 1. The first-order chi connectivity index (χ1) is 19.6. The third-order valence-electron chi connectivity index (χ3n) is 7.21. The van der Waals surface area contributed by atoms with Gasteiger partial charge in [0.15, 0.2) is 0 Å². The summed E-state index contributed by atoms with van der Waals surface area (Å²) in [5, 5.41) is 15.8. The normalized spacial score (nSPS) is 17.0. The molecule has 1 fully saturated rings. The summed E-state index contributed by atoms with van der Waals surface area (Å²) < 4.78 is 0. The van der Waals surface area contributed by atoms with Crippen molar-refractivity contribution >= 4 is 40.5 Å². The molecule has 0 radical (unpaired) electrons. The molecule has 2 heterocycles. The third kappa shape index (κ3) is 7.28. The third-order valence-corrected chi connectivity index (χ3v) is 7.21. The number of carbonyl (C=O) groups excluding carboxylic acids is 4. The van der Waals surface area contributed by atoms with Crippen LogP contribution in [0.5, 0.6) is 0 Å². The highest BCUT2D eigenvalue weighted by Crippen LogP contribution is 2.22. The molecule has 1 aliphatic rings. The molecular weight excluding hydrogens is 528 g/mol. The van der Waals surface area contributed by atoms with Gasteiger partial charge in [-0.25, -0.2) is 4.79 Å². The van der Waals surface area contributed by atoms with Crippen LogP contribution in [0.15, 0.2) is 60.8 Å². The Morgan fingerprint density at radius 1 is 0.976 bits per heavy atom. The minimum Gasteiger partial charge on any atom is -0.480 e. The molecule has 0 saturated carbocycles. The second kappa shape index (κ2) is 13.1. The summed E-state index contributed by atoms with van der Waals surface area (Å²) in [6.45, 7) is 0.193. The Kier molecular flexibility index (Phi) is 9.35. The number of carboxylic acids is 1.